The predicted octanol–water partition coefficient (Wildman–Crippen LogP) is 5.90. The van der Waals surface area contributed by atoms with Gasteiger partial charge in [-0.1, -0.05) is 46.0 Å². The van der Waals surface area contributed by atoms with Gasteiger partial charge in [0.2, 0.25) is 5.91 Å². The van der Waals surface area contributed by atoms with Gasteiger partial charge in [-0.15, -0.1) is 0 Å². The third kappa shape index (κ3) is 9.65. The van der Waals surface area contributed by atoms with Crippen molar-refractivity contribution >= 4 is 18.1 Å². The Labute approximate surface area is 202 Å². The minimum Gasteiger partial charge on any atom is -0.494 e. The molecule has 0 heterocycles. The molecule has 34 heavy (non-hydrogen) atoms. The number of carbonyl (C=O) groups excluding carboxylic acids is 2. The number of hydrazone groups is 1. The summed E-state index contributed by atoms with van der Waals surface area (Å²) in [4.78, 5) is 24.4. The molecule has 0 atom stereocenters. The van der Waals surface area contributed by atoms with E-state index in [1.54, 1.807) is 42.5 Å². The Balaban J connectivity index is 1.86. The average Bonchev–Trinajstić information content (AvgIpc) is 2.85. The zero-order valence-corrected chi connectivity index (χ0v) is 20.5. The molecule has 2 aromatic carbocycles. The summed E-state index contributed by atoms with van der Waals surface area (Å²) in [7, 11) is 1.50. The van der Waals surface area contributed by atoms with Gasteiger partial charge in [-0.3, -0.25) is 4.79 Å². The van der Waals surface area contributed by atoms with Crippen LogP contribution in [0.5, 0.6) is 17.2 Å². The van der Waals surface area contributed by atoms with Gasteiger partial charge < -0.3 is 14.2 Å². The van der Waals surface area contributed by atoms with E-state index in [1.807, 2.05) is 6.92 Å². The van der Waals surface area contributed by atoms with Crippen molar-refractivity contribution in [1.82, 2.24) is 5.43 Å². The molecule has 1 N–H and O–H groups in total. The number of rotatable bonds is 15. The third-order valence-electron chi connectivity index (χ3n) is 5.11. The van der Waals surface area contributed by atoms with Crippen LogP contribution < -0.4 is 19.6 Å². The topological polar surface area (TPSA) is 86.2 Å². The van der Waals surface area contributed by atoms with Crippen molar-refractivity contribution in [3.8, 4) is 17.2 Å². The predicted molar refractivity (Wildman–Crippen MR) is 134 cm³/mol. The van der Waals surface area contributed by atoms with Crippen LogP contribution >= 0.6 is 0 Å². The number of benzene rings is 2. The first kappa shape index (κ1) is 26.9. The lowest BCUT2D eigenvalue weighted by molar-refractivity contribution is -0.121. The number of ether oxygens (including phenoxy) is 3. The summed E-state index contributed by atoms with van der Waals surface area (Å²) in [5.41, 5.74) is 3.66. The Morgan fingerprint density at radius 1 is 0.912 bits per heavy atom. The van der Waals surface area contributed by atoms with E-state index in [4.69, 9.17) is 14.2 Å². The Kier molecular flexibility index (Phi) is 12.2. The summed E-state index contributed by atoms with van der Waals surface area (Å²) in [5.74, 6) is 0.791. The molecule has 184 valence electrons. The number of esters is 1. The summed E-state index contributed by atoms with van der Waals surface area (Å²) >= 11 is 0. The van der Waals surface area contributed by atoms with Crippen LogP contribution in [0.4, 0.5) is 0 Å². The molecule has 0 saturated carbocycles. The molecule has 0 fully saturated rings. The summed E-state index contributed by atoms with van der Waals surface area (Å²) in [6.07, 6.45) is 9.69. The number of amides is 1. The standard InChI is InChI=1S/C27H36N2O5/c1-4-6-7-8-9-10-11-26(30)29-28-20-21-12-17-24(25(19-21)32-3)34-27(31)22-13-15-23(16-14-22)33-18-5-2/h12-17,19-20H,4-11,18H2,1-3H3,(H,29,30)/b28-20+. The molecule has 1 amide bonds. The molecule has 0 aliphatic heterocycles. The van der Waals surface area contributed by atoms with Crippen LogP contribution in [0.3, 0.4) is 0 Å². The molecule has 0 saturated heterocycles. The first-order valence-corrected chi connectivity index (χ1v) is 12.0. The molecule has 2 aromatic rings. The van der Waals surface area contributed by atoms with E-state index in [9.17, 15) is 9.59 Å². The minimum atomic E-state index is -0.497. The fourth-order valence-corrected chi connectivity index (χ4v) is 3.22. The number of unbranched alkanes of at least 4 members (excludes halogenated alkanes) is 5. The summed E-state index contributed by atoms with van der Waals surface area (Å²) in [5, 5.41) is 4.01. The van der Waals surface area contributed by atoms with Crippen molar-refractivity contribution in [2.45, 2.75) is 65.2 Å². The first-order valence-electron chi connectivity index (χ1n) is 12.0. The number of nitrogens with one attached hydrogen (secondary N) is 1. The van der Waals surface area contributed by atoms with Gasteiger partial charge in [0.1, 0.15) is 5.75 Å². The Morgan fingerprint density at radius 3 is 2.35 bits per heavy atom. The minimum absolute atomic E-state index is 0.102. The first-order chi connectivity index (χ1) is 16.6. The molecule has 2 rings (SSSR count). The maximum Gasteiger partial charge on any atom is 0.343 e. The summed E-state index contributed by atoms with van der Waals surface area (Å²) < 4.78 is 16.4. The zero-order chi connectivity index (χ0) is 24.6. The van der Waals surface area contributed by atoms with E-state index < -0.39 is 5.97 Å². The highest BCUT2D eigenvalue weighted by Crippen LogP contribution is 2.28. The van der Waals surface area contributed by atoms with Crippen LogP contribution in [-0.4, -0.2) is 31.8 Å². The summed E-state index contributed by atoms with van der Waals surface area (Å²) in [6, 6.07) is 11.9. The fraction of sp³-hybridized carbons (Fsp3) is 0.444. The van der Waals surface area contributed by atoms with Crippen LogP contribution in [0.2, 0.25) is 0 Å². The lowest BCUT2D eigenvalue weighted by Gasteiger charge is -2.10. The van der Waals surface area contributed by atoms with Crippen molar-refractivity contribution in [1.29, 1.82) is 0 Å². The number of hydrogen-bond donors (Lipinski definition) is 1. The molecule has 0 aromatic heterocycles. The van der Waals surface area contributed by atoms with Crippen LogP contribution in [-0.2, 0) is 4.79 Å². The largest absolute Gasteiger partial charge is 0.494 e. The molecule has 0 bridgehead atoms. The molecule has 0 aliphatic carbocycles. The Bertz CT molecular complexity index is 925. The highest BCUT2D eigenvalue weighted by molar-refractivity contribution is 5.91. The highest BCUT2D eigenvalue weighted by Gasteiger charge is 2.13. The maximum atomic E-state index is 12.5. The van der Waals surface area contributed by atoms with Crippen molar-refractivity contribution in [3.63, 3.8) is 0 Å². The summed E-state index contributed by atoms with van der Waals surface area (Å²) in [6.45, 7) is 4.84. The quantitative estimate of drug-likeness (QED) is 0.116. The second kappa shape index (κ2) is 15.5. The molecule has 7 heteroatoms. The Morgan fingerprint density at radius 2 is 1.65 bits per heavy atom. The molecule has 0 radical (unpaired) electrons. The number of methoxy groups -OCH3 is 1. The van der Waals surface area contributed by atoms with E-state index in [0.717, 1.165) is 19.3 Å². The van der Waals surface area contributed by atoms with Gasteiger partial charge in [-0.2, -0.15) is 5.10 Å². The van der Waals surface area contributed by atoms with E-state index in [1.165, 1.54) is 39.0 Å². The number of carbonyl (C=O) groups is 2. The van der Waals surface area contributed by atoms with Crippen LogP contribution in [0.15, 0.2) is 47.6 Å². The van der Waals surface area contributed by atoms with Crippen molar-refractivity contribution in [2.24, 2.45) is 5.10 Å². The van der Waals surface area contributed by atoms with Gasteiger partial charge in [0, 0.05) is 6.42 Å². The van der Waals surface area contributed by atoms with Gasteiger partial charge in [0.05, 0.1) is 25.5 Å². The monoisotopic (exact) mass is 468 g/mol. The van der Waals surface area contributed by atoms with E-state index >= 15 is 0 Å². The normalized spacial score (nSPS) is 10.8. The van der Waals surface area contributed by atoms with Crippen LogP contribution in [0.25, 0.3) is 0 Å². The van der Waals surface area contributed by atoms with Crippen molar-refractivity contribution < 1.29 is 23.8 Å². The van der Waals surface area contributed by atoms with Crippen LogP contribution in [0.1, 0.15) is 81.1 Å². The smallest absolute Gasteiger partial charge is 0.343 e. The van der Waals surface area contributed by atoms with Gasteiger partial charge in [0.25, 0.3) is 0 Å². The highest BCUT2D eigenvalue weighted by atomic mass is 16.6. The van der Waals surface area contributed by atoms with Crippen LogP contribution in [0, 0.1) is 0 Å². The average molecular weight is 469 g/mol. The molecule has 0 spiro atoms. The SMILES string of the molecule is CCCCCCCCC(=O)N/N=C/c1ccc(OC(=O)c2ccc(OCCC)cc2)c(OC)c1. The zero-order valence-electron chi connectivity index (χ0n) is 20.5. The lowest BCUT2D eigenvalue weighted by atomic mass is 10.1. The second-order valence-corrected chi connectivity index (χ2v) is 7.98. The molecule has 0 aliphatic rings. The van der Waals surface area contributed by atoms with Crippen molar-refractivity contribution in [2.75, 3.05) is 13.7 Å². The molecular weight excluding hydrogens is 432 g/mol. The number of nitrogens with zero attached hydrogens (tertiary/aromatic N) is 1. The molecular formula is C27H36N2O5. The maximum absolute atomic E-state index is 12.5. The number of hydrogen-bond acceptors (Lipinski definition) is 6. The van der Waals surface area contributed by atoms with Gasteiger partial charge in [-0.25, -0.2) is 10.2 Å². The fourth-order valence-electron chi connectivity index (χ4n) is 3.22. The van der Waals surface area contributed by atoms with Gasteiger partial charge in [-0.05, 0) is 60.9 Å². The van der Waals surface area contributed by atoms with Gasteiger partial charge in [0.15, 0.2) is 11.5 Å². The van der Waals surface area contributed by atoms with E-state index in [-0.39, 0.29) is 5.91 Å². The van der Waals surface area contributed by atoms with Crippen molar-refractivity contribution in [3.05, 3.63) is 53.6 Å². The van der Waals surface area contributed by atoms with E-state index in [2.05, 4.69) is 17.5 Å². The molecule has 7 nitrogen and oxygen atoms in total. The Hall–Kier alpha value is -3.35. The lowest BCUT2D eigenvalue weighted by Crippen LogP contribution is -2.16. The van der Waals surface area contributed by atoms with E-state index in [0.29, 0.717) is 41.4 Å². The third-order valence-corrected chi connectivity index (χ3v) is 5.11. The second-order valence-electron chi connectivity index (χ2n) is 7.98. The molecule has 0 unspecified atom stereocenters. The van der Waals surface area contributed by atoms with Gasteiger partial charge >= 0.3 is 5.97 Å².